The van der Waals surface area contributed by atoms with E-state index in [4.69, 9.17) is 4.74 Å². The monoisotopic (exact) mass is 351 g/mol. The third-order valence-corrected chi connectivity index (χ3v) is 5.93. The van der Waals surface area contributed by atoms with Crippen molar-refractivity contribution in [1.29, 1.82) is 0 Å². The third kappa shape index (κ3) is 2.94. The number of nitrogens with zero attached hydrogens (tertiary/aromatic N) is 1. The van der Waals surface area contributed by atoms with E-state index in [1.807, 2.05) is 0 Å². The number of rotatable bonds is 3. The topological polar surface area (TPSA) is 49.8 Å². The first kappa shape index (κ1) is 17.0. The predicted molar refractivity (Wildman–Crippen MR) is 101 cm³/mol. The number of carbonyl (C=O) groups is 1. The van der Waals surface area contributed by atoms with Crippen LogP contribution in [0.3, 0.4) is 0 Å². The van der Waals surface area contributed by atoms with E-state index in [0.717, 1.165) is 25.7 Å². The molecule has 26 heavy (non-hydrogen) atoms. The van der Waals surface area contributed by atoms with Gasteiger partial charge in [0.2, 0.25) is 0 Å². The minimum Gasteiger partial charge on any atom is -0.508 e. The van der Waals surface area contributed by atoms with Crippen LogP contribution in [-0.2, 0) is 0 Å². The first-order chi connectivity index (χ1) is 12.6. The summed E-state index contributed by atoms with van der Waals surface area (Å²) in [5.41, 5.74) is 3.21. The van der Waals surface area contributed by atoms with Gasteiger partial charge in [0.25, 0.3) is 5.91 Å². The van der Waals surface area contributed by atoms with Crippen molar-refractivity contribution >= 4 is 5.91 Å². The van der Waals surface area contributed by atoms with E-state index in [1.54, 1.807) is 12.1 Å². The van der Waals surface area contributed by atoms with E-state index in [0.29, 0.717) is 17.2 Å². The Morgan fingerprint density at radius 3 is 2.35 bits per heavy atom. The molecule has 136 valence electrons. The predicted octanol–water partition coefficient (Wildman–Crippen LogP) is 4.26. The zero-order valence-corrected chi connectivity index (χ0v) is 15.3. The Balaban J connectivity index is 1.57. The quantitative estimate of drug-likeness (QED) is 0.899. The Morgan fingerprint density at radius 1 is 1.08 bits per heavy atom. The third-order valence-electron chi connectivity index (χ3n) is 5.93. The summed E-state index contributed by atoms with van der Waals surface area (Å²) in [6.45, 7) is 2.11. The van der Waals surface area contributed by atoms with Crippen molar-refractivity contribution in [2.24, 2.45) is 0 Å². The molecule has 3 atom stereocenters. The molecule has 1 unspecified atom stereocenters. The Bertz CT molecular complexity index is 801. The number of hydrogen-bond donors (Lipinski definition) is 1. The molecule has 2 bridgehead atoms. The van der Waals surface area contributed by atoms with Crippen molar-refractivity contribution in [3.63, 3.8) is 0 Å². The summed E-state index contributed by atoms with van der Waals surface area (Å²) in [6.07, 6.45) is 4.18. The minimum absolute atomic E-state index is 0.0247. The Kier molecular flexibility index (Phi) is 4.35. The second-order valence-electron chi connectivity index (χ2n) is 7.56. The van der Waals surface area contributed by atoms with E-state index in [2.05, 4.69) is 36.1 Å². The summed E-state index contributed by atoms with van der Waals surface area (Å²) in [5, 5.41) is 9.65. The fourth-order valence-corrected chi connectivity index (χ4v) is 4.62. The van der Waals surface area contributed by atoms with Crippen molar-refractivity contribution in [3.8, 4) is 11.5 Å². The summed E-state index contributed by atoms with van der Waals surface area (Å²) in [6, 6.07) is 14.1. The molecule has 0 aliphatic carbocycles. The zero-order valence-electron chi connectivity index (χ0n) is 15.3. The molecule has 1 N–H and O–H groups in total. The molecule has 4 heteroatoms. The van der Waals surface area contributed by atoms with E-state index < -0.39 is 0 Å². The van der Waals surface area contributed by atoms with Crippen LogP contribution in [0.1, 0.15) is 53.1 Å². The van der Waals surface area contributed by atoms with Crippen molar-refractivity contribution in [2.45, 2.75) is 50.6 Å². The van der Waals surface area contributed by atoms with Gasteiger partial charge in [-0.1, -0.05) is 29.8 Å². The smallest absolute Gasteiger partial charge is 0.258 e. The van der Waals surface area contributed by atoms with Crippen LogP contribution in [0.5, 0.6) is 11.5 Å². The van der Waals surface area contributed by atoms with Crippen LogP contribution in [0, 0.1) is 6.92 Å². The second-order valence-corrected chi connectivity index (χ2v) is 7.56. The highest BCUT2D eigenvalue weighted by molar-refractivity contribution is 5.97. The molecule has 0 spiro atoms. The maximum atomic E-state index is 13.2. The fraction of sp³-hybridized carbons (Fsp3) is 0.409. The Hall–Kier alpha value is -2.49. The first-order valence-corrected chi connectivity index (χ1v) is 9.33. The average Bonchev–Trinajstić information content (AvgIpc) is 2.91. The van der Waals surface area contributed by atoms with Crippen molar-refractivity contribution in [1.82, 2.24) is 4.90 Å². The number of methoxy groups -OCH3 is 1. The Morgan fingerprint density at radius 2 is 1.73 bits per heavy atom. The van der Waals surface area contributed by atoms with Gasteiger partial charge in [-0.05, 0) is 56.2 Å². The van der Waals surface area contributed by atoms with Crippen LogP contribution in [0.25, 0.3) is 0 Å². The van der Waals surface area contributed by atoms with Crippen molar-refractivity contribution in [2.75, 3.05) is 7.11 Å². The number of aryl methyl sites for hydroxylation is 1. The van der Waals surface area contributed by atoms with Gasteiger partial charge in [-0.25, -0.2) is 0 Å². The molecular weight excluding hydrogens is 326 g/mol. The van der Waals surface area contributed by atoms with Crippen LogP contribution in [0.15, 0.2) is 42.5 Å². The number of phenolic OH excluding ortho intramolecular Hbond substituents is 1. The number of ether oxygens (including phenoxy) is 1. The van der Waals surface area contributed by atoms with Crippen LogP contribution in [0.4, 0.5) is 0 Å². The number of piperidine rings is 1. The number of benzene rings is 2. The van der Waals surface area contributed by atoms with Crippen molar-refractivity contribution in [3.05, 3.63) is 59.2 Å². The highest BCUT2D eigenvalue weighted by atomic mass is 16.5. The highest BCUT2D eigenvalue weighted by Gasteiger charge is 2.44. The lowest BCUT2D eigenvalue weighted by Gasteiger charge is -2.39. The molecule has 4 nitrogen and oxygen atoms in total. The van der Waals surface area contributed by atoms with E-state index in [-0.39, 0.29) is 23.7 Å². The largest absolute Gasteiger partial charge is 0.508 e. The van der Waals surface area contributed by atoms with E-state index in [9.17, 15) is 9.90 Å². The summed E-state index contributed by atoms with van der Waals surface area (Å²) in [4.78, 5) is 15.3. The van der Waals surface area contributed by atoms with Gasteiger partial charge in [0, 0.05) is 18.2 Å². The molecule has 2 saturated heterocycles. The van der Waals surface area contributed by atoms with Crippen LogP contribution >= 0.6 is 0 Å². The Labute approximate surface area is 154 Å². The average molecular weight is 351 g/mol. The number of aromatic hydroxyl groups is 1. The number of amides is 1. The summed E-state index contributed by atoms with van der Waals surface area (Å²) < 4.78 is 5.32. The standard InChI is InChI=1S/C22H25NO3/c1-14-3-5-15(6-4-14)16-11-17-7-8-18(12-16)23(17)22(25)20-10-9-19(24)13-21(20)26-2/h3-6,9-10,13,16-18,24H,7-8,11-12H2,1-2H3/t16?,17-,18+. The van der Waals surface area contributed by atoms with Gasteiger partial charge in [0.15, 0.2) is 0 Å². The maximum absolute atomic E-state index is 13.2. The van der Waals surface area contributed by atoms with Gasteiger partial charge in [0.1, 0.15) is 11.5 Å². The summed E-state index contributed by atoms with van der Waals surface area (Å²) in [5.74, 6) is 1.10. The lowest BCUT2D eigenvalue weighted by atomic mass is 9.84. The maximum Gasteiger partial charge on any atom is 0.258 e. The number of fused-ring (bicyclic) bond motifs is 2. The van der Waals surface area contributed by atoms with Crippen LogP contribution in [0.2, 0.25) is 0 Å². The number of phenols is 1. The van der Waals surface area contributed by atoms with Gasteiger partial charge in [-0.2, -0.15) is 0 Å². The first-order valence-electron chi connectivity index (χ1n) is 9.33. The molecule has 2 aromatic carbocycles. The van der Waals surface area contributed by atoms with Crippen LogP contribution in [-0.4, -0.2) is 35.1 Å². The van der Waals surface area contributed by atoms with Gasteiger partial charge in [-0.3, -0.25) is 4.79 Å². The molecule has 2 aliphatic heterocycles. The van der Waals surface area contributed by atoms with Crippen LogP contribution < -0.4 is 4.74 Å². The van der Waals surface area contributed by atoms with E-state index in [1.165, 1.54) is 24.3 Å². The van der Waals surface area contributed by atoms with Gasteiger partial charge in [-0.15, -0.1) is 0 Å². The molecule has 0 saturated carbocycles. The second kappa shape index (κ2) is 6.67. The zero-order chi connectivity index (χ0) is 18.3. The van der Waals surface area contributed by atoms with Crippen molar-refractivity contribution < 1.29 is 14.6 Å². The number of carbonyl (C=O) groups excluding carboxylic acids is 1. The fourth-order valence-electron chi connectivity index (χ4n) is 4.62. The molecule has 0 aromatic heterocycles. The van der Waals surface area contributed by atoms with Gasteiger partial charge < -0.3 is 14.7 Å². The molecule has 2 aromatic rings. The molecule has 4 rings (SSSR count). The summed E-state index contributed by atoms with van der Waals surface area (Å²) >= 11 is 0. The van der Waals surface area contributed by atoms with Gasteiger partial charge in [0.05, 0.1) is 12.7 Å². The molecule has 2 aliphatic rings. The minimum atomic E-state index is 0.0247. The molecule has 2 heterocycles. The molecule has 2 fully saturated rings. The highest BCUT2D eigenvalue weighted by Crippen LogP contribution is 2.44. The molecule has 0 radical (unpaired) electrons. The van der Waals surface area contributed by atoms with E-state index >= 15 is 0 Å². The lowest BCUT2D eigenvalue weighted by Crippen LogP contribution is -2.46. The summed E-state index contributed by atoms with van der Waals surface area (Å²) in [7, 11) is 1.53. The number of hydrogen-bond acceptors (Lipinski definition) is 3. The lowest BCUT2D eigenvalue weighted by molar-refractivity contribution is 0.0568. The normalized spacial score (nSPS) is 24.5. The van der Waals surface area contributed by atoms with Gasteiger partial charge >= 0.3 is 0 Å². The SMILES string of the molecule is COc1cc(O)ccc1C(=O)N1[C@@H]2CC[C@H]1CC(c1ccc(C)cc1)C2. The molecular formula is C22H25NO3. The molecule has 1 amide bonds.